The number of benzene rings is 1. The summed E-state index contributed by atoms with van der Waals surface area (Å²) >= 11 is 0. The number of hydrogen-bond donors (Lipinski definition) is 1. The van der Waals surface area contributed by atoms with Gasteiger partial charge >= 0.3 is 0 Å². The molecule has 0 saturated heterocycles. The normalized spacial score (nSPS) is 19.5. The van der Waals surface area contributed by atoms with E-state index in [1.807, 2.05) is 27.7 Å². The quantitative estimate of drug-likeness (QED) is 0.322. The molecule has 33 heavy (non-hydrogen) atoms. The van der Waals surface area contributed by atoms with E-state index in [0.29, 0.717) is 11.7 Å². The summed E-state index contributed by atoms with van der Waals surface area (Å²) in [5, 5.41) is 10.4. The minimum absolute atomic E-state index is 0.368. The van der Waals surface area contributed by atoms with Crippen molar-refractivity contribution < 1.29 is 14.6 Å². The lowest BCUT2D eigenvalue weighted by atomic mass is 9.81. The van der Waals surface area contributed by atoms with Crippen LogP contribution in [-0.4, -0.2) is 16.6 Å². The molecule has 1 aromatic rings. The van der Waals surface area contributed by atoms with Gasteiger partial charge in [-0.25, -0.2) is 4.79 Å². The third-order valence-electron chi connectivity index (χ3n) is 8.04. The number of fused-ring (bicyclic) bond motifs is 1. The molecule has 0 fully saturated rings. The smallest absolute Gasteiger partial charge is 0.138 e. The lowest BCUT2D eigenvalue weighted by Crippen LogP contribution is -2.39. The highest BCUT2D eigenvalue weighted by molar-refractivity contribution is 5.61. The van der Waals surface area contributed by atoms with Gasteiger partial charge in [0.25, 0.3) is 0 Å². The largest absolute Gasteiger partial charge is 0.507 e. The zero-order chi connectivity index (χ0) is 24.8. The molecule has 0 aromatic heterocycles. The van der Waals surface area contributed by atoms with E-state index in [-0.39, 0.29) is 0 Å². The van der Waals surface area contributed by atoms with Crippen molar-refractivity contribution in [1.29, 1.82) is 0 Å². The second-order valence-corrected chi connectivity index (χ2v) is 11.4. The Kier molecular flexibility index (Phi) is 10.1. The van der Waals surface area contributed by atoms with Crippen LogP contribution in [0.1, 0.15) is 115 Å². The zero-order valence-electron chi connectivity index (χ0n) is 22.6. The third kappa shape index (κ3) is 7.12. The van der Waals surface area contributed by atoms with Gasteiger partial charge in [-0.15, -0.1) is 0 Å². The summed E-state index contributed by atoms with van der Waals surface area (Å²) in [7, 11) is 0. The number of hydrogen-bond acceptors (Lipinski definition) is 3. The van der Waals surface area contributed by atoms with Crippen molar-refractivity contribution in [2.24, 2.45) is 17.8 Å². The molecular formula is C30H48O3. The van der Waals surface area contributed by atoms with E-state index in [1.165, 1.54) is 38.5 Å². The fourth-order valence-corrected chi connectivity index (χ4v) is 5.25. The van der Waals surface area contributed by atoms with Crippen LogP contribution in [0.2, 0.25) is 0 Å². The molecule has 1 aromatic carbocycles. The molecule has 2 rings (SSSR count). The van der Waals surface area contributed by atoms with Gasteiger partial charge in [-0.3, -0.25) is 0 Å². The summed E-state index contributed by atoms with van der Waals surface area (Å²) in [6.07, 6.45) is 11.1. The van der Waals surface area contributed by atoms with E-state index in [9.17, 15) is 9.90 Å². The molecular weight excluding hydrogens is 408 g/mol. The summed E-state index contributed by atoms with van der Waals surface area (Å²) < 4.78 is 6.51. The number of rotatable bonds is 12. The standard InChI is InChI=1S/C30H48O3/c1-20(2)11-9-12-21(3)13-10-14-22(4)15-16-26(19-31)30(8)18-17-27-25(7)28(32)23(5)24(6)29(27)33-30/h20-22,32H,9-18H2,1-8H3. The molecule has 0 spiro atoms. The maximum Gasteiger partial charge on any atom is 0.138 e. The van der Waals surface area contributed by atoms with E-state index in [2.05, 4.69) is 33.6 Å². The van der Waals surface area contributed by atoms with Crippen molar-refractivity contribution in [3.63, 3.8) is 0 Å². The summed E-state index contributed by atoms with van der Waals surface area (Å²) in [6, 6.07) is 0. The zero-order valence-corrected chi connectivity index (χ0v) is 22.6. The number of aromatic hydroxyl groups is 1. The first-order chi connectivity index (χ1) is 15.5. The molecule has 1 aliphatic heterocycles. The molecule has 3 atom stereocenters. The molecule has 1 heterocycles. The Balaban J connectivity index is 1.89. The second kappa shape index (κ2) is 12.1. The third-order valence-corrected chi connectivity index (χ3v) is 8.04. The van der Waals surface area contributed by atoms with Crippen molar-refractivity contribution in [2.75, 3.05) is 0 Å². The first-order valence-electron chi connectivity index (χ1n) is 13.2. The van der Waals surface area contributed by atoms with Crippen LogP contribution < -0.4 is 4.74 Å². The average Bonchev–Trinajstić information content (AvgIpc) is 2.76. The lowest BCUT2D eigenvalue weighted by molar-refractivity contribution is 0.0970. The Morgan fingerprint density at radius 3 is 2.09 bits per heavy atom. The lowest BCUT2D eigenvalue weighted by Gasteiger charge is -2.38. The minimum Gasteiger partial charge on any atom is -0.507 e. The number of carbonyl (C=O) groups excluding carboxylic acids is 1. The van der Waals surface area contributed by atoms with E-state index in [4.69, 9.17) is 4.74 Å². The van der Waals surface area contributed by atoms with Crippen LogP contribution in [0.4, 0.5) is 0 Å². The molecule has 0 radical (unpaired) electrons. The SMILES string of the molecule is Cc1c(C)c2c(c(C)c1O)CCC(C)(C(=C=O)CCC(C)CCCC(C)CCCC(C)C)O2. The van der Waals surface area contributed by atoms with Crippen LogP contribution in [0.3, 0.4) is 0 Å². The van der Waals surface area contributed by atoms with Crippen LogP contribution >= 0.6 is 0 Å². The van der Waals surface area contributed by atoms with Crippen LogP contribution in [0, 0.1) is 38.5 Å². The molecule has 1 N–H and O–H groups in total. The topological polar surface area (TPSA) is 46.5 Å². The van der Waals surface area contributed by atoms with E-state index in [0.717, 1.165) is 71.1 Å². The van der Waals surface area contributed by atoms with E-state index >= 15 is 0 Å². The number of phenolic OH excluding ortho intramolecular Hbond substituents is 1. The van der Waals surface area contributed by atoms with Gasteiger partial charge in [0.1, 0.15) is 23.0 Å². The summed E-state index contributed by atoms with van der Waals surface area (Å²) in [4.78, 5) is 12.0. The Labute approximate surface area is 203 Å². The minimum atomic E-state index is -0.611. The van der Waals surface area contributed by atoms with Crippen LogP contribution in [0.5, 0.6) is 11.5 Å². The van der Waals surface area contributed by atoms with Crippen molar-refractivity contribution in [2.45, 2.75) is 125 Å². The van der Waals surface area contributed by atoms with Gasteiger partial charge in [-0.05, 0) is 87.8 Å². The molecule has 3 heteroatoms. The van der Waals surface area contributed by atoms with Crippen molar-refractivity contribution in [3.8, 4) is 11.5 Å². The van der Waals surface area contributed by atoms with Crippen molar-refractivity contribution in [3.05, 3.63) is 27.8 Å². The maximum absolute atomic E-state index is 12.0. The van der Waals surface area contributed by atoms with Crippen LogP contribution in [0.25, 0.3) is 0 Å². The Hall–Kier alpha value is -1.73. The summed E-state index contributed by atoms with van der Waals surface area (Å²) in [5.74, 6) is 5.69. The van der Waals surface area contributed by atoms with Gasteiger partial charge in [-0.1, -0.05) is 66.2 Å². The van der Waals surface area contributed by atoms with Gasteiger partial charge < -0.3 is 9.84 Å². The maximum atomic E-state index is 12.0. The van der Waals surface area contributed by atoms with Crippen molar-refractivity contribution in [1.82, 2.24) is 0 Å². The second-order valence-electron chi connectivity index (χ2n) is 11.4. The highest BCUT2D eigenvalue weighted by Crippen LogP contribution is 2.45. The van der Waals surface area contributed by atoms with Gasteiger partial charge in [0.05, 0.1) is 5.57 Å². The predicted molar refractivity (Wildman–Crippen MR) is 139 cm³/mol. The highest BCUT2D eigenvalue weighted by atomic mass is 16.5. The van der Waals surface area contributed by atoms with E-state index in [1.54, 1.807) is 0 Å². The van der Waals surface area contributed by atoms with Crippen LogP contribution in [-0.2, 0) is 11.2 Å². The summed E-state index contributed by atoms with van der Waals surface area (Å²) in [5.41, 5.74) is 3.96. The molecule has 3 nitrogen and oxygen atoms in total. The molecule has 0 saturated carbocycles. The molecule has 0 amide bonds. The number of phenols is 1. The Bertz CT molecular complexity index is 847. The Morgan fingerprint density at radius 1 is 0.939 bits per heavy atom. The molecule has 186 valence electrons. The predicted octanol–water partition coefficient (Wildman–Crippen LogP) is 8.21. The Morgan fingerprint density at radius 2 is 1.52 bits per heavy atom. The fourth-order valence-electron chi connectivity index (χ4n) is 5.25. The molecule has 1 aliphatic rings. The highest BCUT2D eigenvalue weighted by Gasteiger charge is 2.38. The van der Waals surface area contributed by atoms with Crippen LogP contribution in [0.15, 0.2) is 5.57 Å². The molecule has 3 unspecified atom stereocenters. The molecule has 0 bridgehead atoms. The van der Waals surface area contributed by atoms with Gasteiger partial charge in [0.15, 0.2) is 0 Å². The molecule has 0 aliphatic carbocycles. The first kappa shape index (κ1) is 27.5. The number of ether oxygens (including phenoxy) is 1. The van der Waals surface area contributed by atoms with E-state index < -0.39 is 5.60 Å². The first-order valence-corrected chi connectivity index (χ1v) is 13.2. The van der Waals surface area contributed by atoms with Crippen molar-refractivity contribution >= 4 is 5.94 Å². The van der Waals surface area contributed by atoms with Gasteiger partial charge in [-0.2, -0.15) is 0 Å². The average molecular weight is 457 g/mol. The summed E-state index contributed by atoms with van der Waals surface area (Å²) in [6.45, 7) is 17.2. The monoisotopic (exact) mass is 456 g/mol. The fraction of sp³-hybridized carbons (Fsp3) is 0.733. The van der Waals surface area contributed by atoms with Gasteiger partial charge in [0.2, 0.25) is 0 Å². The van der Waals surface area contributed by atoms with Gasteiger partial charge in [0, 0.05) is 5.56 Å².